The number of hydrogen-bond acceptors (Lipinski definition) is 6. The summed E-state index contributed by atoms with van der Waals surface area (Å²) >= 11 is 0. The molecule has 0 fully saturated rings. The number of nitrogens with zero attached hydrogens (tertiary/aromatic N) is 2. The second kappa shape index (κ2) is 6.31. The highest BCUT2D eigenvalue weighted by atomic mass is 16.6. The van der Waals surface area contributed by atoms with E-state index < -0.39 is 33.8 Å². The van der Waals surface area contributed by atoms with Gasteiger partial charge in [-0.25, -0.2) is 0 Å². The first kappa shape index (κ1) is 18.1. The van der Waals surface area contributed by atoms with Crippen LogP contribution in [0, 0.1) is 24.0 Å². The average molecular weight is 343 g/mol. The molecule has 1 aromatic rings. The maximum absolute atomic E-state index is 12.4. The van der Waals surface area contributed by atoms with E-state index in [2.05, 4.69) is 0 Å². The predicted octanol–water partition coefficient (Wildman–Crippen LogP) is 1.82. The van der Waals surface area contributed by atoms with E-state index in [0.717, 1.165) is 11.0 Å². The zero-order valence-corrected chi connectivity index (χ0v) is 14.2. The van der Waals surface area contributed by atoms with Crippen molar-refractivity contribution in [2.24, 2.45) is 0 Å². The highest BCUT2D eigenvalue weighted by molar-refractivity contribution is 6.25. The van der Waals surface area contributed by atoms with Gasteiger partial charge in [-0.1, -0.05) is 0 Å². The lowest BCUT2D eigenvalue weighted by Crippen LogP contribution is -2.38. The van der Waals surface area contributed by atoms with Crippen molar-refractivity contribution >= 4 is 28.8 Å². The molecule has 0 atom stereocenters. The summed E-state index contributed by atoms with van der Waals surface area (Å²) in [4.78, 5) is 48.3. The van der Waals surface area contributed by atoms with E-state index in [0.29, 0.717) is 16.8 Å². The number of nitro groups is 1. The lowest BCUT2D eigenvalue weighted by atomic mass is 9.97. The fraction of sp³-hybridized carbons (Fsp3) is 0.235. The Balaban J connectivity index is 2.82. The summed E-state index contributed by atoms with van der Waals surface area (Å²) in [5, 5.41) is 11.4. The Morgan fingerprint density at radius 3 is 2.28 bits per heavy atom. The van der Waals surface area contributed by atoms with Gasteiger partial charge < -0.3 is 5.73 Å². The lowest BCUT2D eigenvalue weighted by Gasteiger charge is -2.26. The summed E-state index contributed by atoms with van der Waals surface area (Å²) in [6, 6.07) is 3.16. The third-order valence-corrected chi connectivity index (χ3v) is 3.93. The summed E-state index contributed by atoms with van der Waals surface area (Å²) in [6.45, 7) is 5.84. The van der Waals surface area contributed by atoms with Crippen molar-refractivity contribution < 1.29 is 19.3 Å². The monoisotopic (exact) mass is 343 g/mol. The van der Waals surface area contributed by atoms with Crippen LogP contribution >= 0.6 is 0 Å². The summed E-state index contributed by atoms with van der Waals surface area (Å²) < 4.78 is 0. The molecule has 0 heterocycles. The Bertz CT molecular complexity index is 896. The average Bonchev–Trinajstić information content (AvgIpc) is 2.49. The third kappa shape index (κ3) is 3.06. The number of allylic oxidation sites excluding steroid dienone is 2. The molecule has 1 aliphatic carbocycles. The van der Waals surface area contributed by atoms with Crippen LogP contribution in [0.15, 0.2) is 35.2 Å². The number of aryl methyl sites for hydroxylation is 2. The summed E-state index contributed by atoms with van der Waals surface area (Å²) in [5.74, 6) is -2.29. The standard InChI is InChI=1S/C17H17N3O5/c1-8-6-13(9(2)5-12(8)18)19(11(4)21)15-14(22)7-10(3)17(23)16(15)20(24)25/h5-7H,18H2,1-4H3. The van der Waals surface area contributed by atoms with Crippen molar-refractivity contribution in [2.75, 3.05) is 10.6 Å². The second-order valence-electron chi connectivity index (χ2n) is 5.82. The van der Waals surface area contributed by atoms with E-state index in [9.17, 15) is 24.5 Å². The van der Waals surface area contributed by atoms with Crippen molar-refractivity contribution in [3.05, 3.63) is 56.4 Å². The number of anilines is 2. The molecule has 8 heteroatoms. The van der Waals surface area contributed by atoms with Crippen LogP contribution in [0.4, 0.5) is 11.4 Å². The highest BCUT2D eigenvalue weighted by Crippen LogP contribution is 2.32. The number of carbonyl (C=O) groups excluding carboxylic acids is 3. The van der Waals surface area contributed by atoms with Crippen LogP contribution < -0.4 is 10.6 Å². The van der Waals surface area contributed by atoms with E-state index in [4.69, 9.17) is 5.73 Å². The molecular formula is C17H17N3O5. The number of carbonyl (C=O) groups is 3. The SMILES string of the molecule is CC(=O)N(C1=C([N+](=O)[O-])C(=O)C(C)=CC1=O)c1cc(C)c(N)cc1C. The van der Waals surface area contributed by atoms with Gasteiger partial charge >= 0.3 is 5.70 Å². The Morgan fingerprint density at radius 2 is 1.76 bits per heavy atom. The van der Waals surface area contributed by atoms with Gasteiger partial charge in [-0.05, 0) is 50.1 Å². The van der Waals surface area contributed by atoms with Gasteiger partial charge in [0.2, 0.25) is 11.7 Å². The van der Waals surface area contributed by atoms with Crippen LogP contribution in [0.2, 0.25) is 0 Å². The smallest absolute Gasteiger partial charge is 0.344 e. The maximum atomic E-state index is 12.4. The fourth-order valence-electron chi connectivity index (χ4n) is 2.64. The van der Waals surface area contributed by atoms with Gasteiger partial charge in [0.05, 0.1) is 10.6 Å². The molecular weight excluding hydrogens is 326 g/mol. The largest absolute Gasteiger partial charge is 0.399 e. The van der Waals surface area contributed by atoms with Gasteiger partial charge in [0.15, 0.2) is 5.70 Å². The molecule has 1 amide bonds. The van der Waals surface area contributed by atoms with Crippen LogP contribution in [0.25, 0.3) is 0 Å². The van der Waals surface area contributed by atoms with Crippen molar-refractivity contribution in [3.8, 4) is 0 Å². The van der Waals surface area contributed by atoms with Crippen LogP contribution in [-0.4, -0.2) is 22.4 Å². The quantitative estimate of drug-likeness (QED) is 0.386. The number of rotatable bonds is 3. The molecule has 130 valence electrons. The Hall–Kier alpha value is -3.29. The number of nitrogens with two attached hydrogens (primary N) is 1. The zero-order valence-electron chi connectivity index (χ0n) is 14.2. The summed E-state index contributed by atoms with van der Waals surface area (Å²) in [5.41, 5.74) is 6.25. The van der Waals surface area contributed by atoms with E-state index in [-0.39, 0.29) is 11.3 Å². The number of amides is 1. The molecule has 0 unspecified atom stereocenters. The topological polar surface area (TPSA) is 124 Å². The van der Waals surface area contributed by atoms with Gasteiger partial charge in [-0.3, -0.25) is 29.4 Å². The summed E-state index contributed by atoms with van der Waals surface area (Å²) in [6.07, 6.45) is 1.00. The van der Waals surface area contributed by atoms with Gasteiger partial charge in [-0.15, -0.1) is 0 Å². The molecule has 2 rings (SSSR count). The molecule has 0 saturated carbocycles. The molecule has 25 heavy (non-hydrogen) atoms. The molecule has 0 spiro atoms. The Labute approximate surface area is 143 Å². The normalized spacial score (nSPS) is 14.5. The van der Waals surface area contributed by atoms with Crippen molar-refractivity contribution in [1.82, 2.24) is 0 Å². The molecule has 2 N–H and O–H groups in total. The molecule has 1 aliphatic rings. The first-order chi connectivity index (χ1) is 11.6. The predicted molar refractivity (Wildman–Crippen MR) is 91.3 cm³/mol. The van der Waals surface area contributed by atoms with Crippen LogP contribution in [0.5, 0.6) is 0 Å². The Kier molecular flexibility index (Phi) is 4.56. The van der Waals surface area contributed by atoms with Crippen LogP contribution in [-0.2, 0) is 14.4 Å². The zero-order chi connectivity index (χ0) is 19.0. The molecule has 0 saturated heterocycles. The van der Waals surface area contributed by atoms with E-state index in [1.807, 2.05) is 0 Å². The minimum absolute atomic E-state index is 0.0471. The van der Waals surface area contributed by atoms with E-state index in [1.165, 1.54) is 13.8 Å². The maximum Gasteiger partial charge on any atom is 0.344 e. The number of Topliss-reactive ketones (excluding diaryl/α,β-unsaturated/α-hetero) is 1. The number of hydrogen-bond donors (Lipinski definition) is 1. The molecule has 0 bridgehead atoms. The lowest BCUT2D eigenvalue weighted by molar-refractivity contribution is -0.419. The van der Waals surface area contributed by atoms with Crippen molar-refractivity contribution in [1.29, 1.82) is 0 Å². The minimum atomic E-state index is -0.929. The van der Waals surface area contributed by atoms with Crippen LogP contribution in [0.3, 0.4) is 0 Å². The Morgan fingerprint density at radius 1 is 1.16 bits per heavy atom. The van der Waals surface area contributed by atoms with Gasteiger partial charge in [0.1, 0.15) is 0 Å². The van der Waals surface area contributed by atoms with E-state index >= 15 is 0 Å². The van der Waals surface area contributed by atoms with Gasteiger partial charge in [0, 0.05) is 18.2 Å². The van der Waals surface area contributed by atoms with Gasteiger partial charge in [-0.2, -0.15) is 0 Å². The van der Waals surface area contributed by atoms with E-state index in [1.54, 1.807) is 26.0 Å². The number of nitrogen functional groups attached to an aromatic ring is 1. The first-order valence-electron chi connectivity index (χ1n) is 7.39. The van der Waals surface area contributed by atoms with Crippen LogP contribution in [0.1, 0.15) is 25.0 Å². The molecule has 0 aliphatic heterocycles. The molecule has 8 nitrogen and oxygen atoms in total. The molecule has 0 radical (unpaired) electrons. The number of benzene rings is 1. The number of ketones is 2. The van der Waals surface area contributed by atoms with Crippen molar-refractivity contribution in [3.63, 3.8) is 0 Å². The molecule has 1 aromatic carbocycles. The third-order valence-electron chi connectivity index (χ3n) is 3.93. The van der Waals surface area contributed by atoms with Gasteiger partial charge in [0.25, 0.3) is 5.78 Å². The first-order valence-corrected chi connectivity index (χ1v) is 7.39. The molecule has 0 aromatic heterocycles. The summed E-state index contributed by atoms with van der Waals surface area (Å²) in [7, 11) is 0. The highest BCUT2D eigenvalue weighted by Gasteiger charge is 2.40. The fourth-order valence-corrected chi connectivity index (χ4v) is 2.64. The van der Waals surface area contributed by atoms with Crippen molar-refractivity contribution in [2.45, 2.75) is 27.7 Å². The minimum Gasteiger partial charge on any atom is -0.399 e. The second-order valence-corrected chi connectivity index (χ2v) is 5.82.